The van der Waals surface area contributed by atoms with Crippen LogP contribution in [0.15, 0.2) is 42.9 Å². The smallest absolute Gasteiger partial charge is 0.192 e. The number of aromatic nitrogens is 2. The zero-order valence-corrected chi connectivity index (χ0v) is 16.0. The molecule has 0 N–H and O–H groups in total. The third-order valence-corrected chi connectivity index (χ3v) is 9.09. The molecule has 0 amide bonds. The highest BCUT2D eigenvalue weighted by Gasteiger charge is 2.37. The van der Waals surface area contributed by atoms with Gasteiger partial charge in [-0.2, -0.15) is 0 Å². The van der Waals surface area contributed by atoms with E-state index in [0.29, 0.717) is 6.61 Å². The highest BCUT2D eigenvalue weighted by atomic mass is 28.4. The van der Waals surface area contributed by atoms with Crippen molar-refractivity contribution in [3.05, 3.63) is 48.4 Å². The second kappa shape index (κ2) is 6.80. The molecular weight excluding hydrogens is 302 g/mol. The molecule has 0 saturated heterocycles. The summed E-state index contributed by atoms with van der Waals surface area (Å²) in [5, 5.41) is 0.199. The Morgan fingerprint density at radius 1 is 1.13 bits per heavy atom. The van der Waals surface area contributed by atoms with Crippen LogP contribution >= 0.6 is 0 Å². The van der Waals surface area contributed by atoms with Crippen LogP contribution < -0.4 is 4.90 Å². The van der Waals surface area contributed by atoms with E-state index in [1.54, 1.807) is 6.20 Å². The summed E-state index contributed by atoms with van der Waals surface area (Å²) < 4.78 is 6.36. The van der Waals surface area contributed by atoms with Gasteiger partial charge in [-0.05, 0) is 36.3 Å². The van der Waals surface area contributed by atoms with Crippen LogP contribution in [0.25, 0.3) is 0 Å². The zero-order valence-electron chi connectivity index (χ0n) is 15.0. The molecule has 5 heteroatoms. The second-order valence-corrected chi connectivity index (χ2v) is 12.1. The maximum absolute atomic E-state index is 6.36. The molecule has 0 fully saturated rings. The van der Waals surface area contributed by atoms with Gasteiger partial charge < -0.3 is 9.33 Å². The molecule has 0 atom stereocenters. The summed E-state index contributed by atoms with van der Waals surface area (Å²) in [4.78, 5) is 10.8. The average Bonchev–Trinajstić information content (AvgIpc) is 2.52. The van der Waals surface area contributed by atoms with E-state index in [-0.39, 0.29) is 5.04 Å². The number of nitrogens with zero attached hydrogens (tertiary/aromatic N) is 3. The quantitative estimate of drug-likeness (QED) is 0.741. The van der Waals surface area contributed by atoms with E-state index in [4.69, 9.17) is 4.43 Å². The molecule has 0 radical (unpaired) electrons. The largest absolute Gasteiger partial charge is 0.412 e. The van der Waals surface area contributed by atoms with Crippen molar-refractivity contribution in [2.24, 2.45) is 0 Å². The molecule has 0 aliphatic heterocycles. The molecule has 2 aromatic rings. The lowest BCUT2D eigenvalue weighted by atomic mass is 10.2. The van der Waals surface area contributed by atoms with E-state index in [1.807, 2.05) is 37.6 Å². The maximum Gasteiger partial charge on any atom is 0.192 e. The predicted molar refractivity (Wildman–Crippen MR) is 98.5 cm³/mol. The van der Waals surface area contributed by atoms with Gasteiger partial charge in [-0.15, -0.1) is 0 Å². The molecular formula is C18H27N3OSi. The van der Waals surface area contributed by atoms with Gasteiger partial charge in [0.25, 0.3) is 0 Å². The highest BCUT2D eigenvalue weighted by molar-refractivity contribution is 6.74. The van der Waals surface area contributed by atoms with Gasteiger partial charge in [-0.25, -0.2) is 4.98 Å². The monoisotopic (exact) mass is 329 g/mol. The lowest BCUT2D eigenvalue weighted by Crippen LogP contribution is -2.40. The van der Waals surface area contributed by atoms with Gasteiger partial charge in [0.05, 0.1) is 18.5 Å². The van der Waals surface area contributed by atoms with Crippen molar-refractivity contribution in [1.29, 1.82) is 0 Å². The van der Waals surface area contributed by atoms with Crippen molar-refractivity contribution >= 4 is 19.8 Å². The Bertz CT molecular complexity index is 638. The minimum absolute atomic E-state index is 0.199. The first-order chi connectivity index (χ1) is 10.7. The molecule has 2 aromatic heterocycles. The van der Waals surface area contributed by atoms with Gasteiger partial charge in [0.2, 0.25) is 0 Å². The molecule has 0 bridgehead atoms. The molecule has 0 spiro atoms. The van der Waals surface area contributed by atoms with E-state index in [1.165, 1.54) is 0 Å². The summed E-state index contributed by atoms with van der Waals surface area (Å²) in [5.41, 5.74) is 2.11. The van der Waals surface area contributed by atoms with Crippen LogP contribution in [-0.2, 0) is 11.0 Å². The van der Waals surface area contributed by atoms with Gasteiger partial charge in [-0.1, -0.05) is 26.8 Å². The van der Waals surface area contributed by atoms with Crippen LogP contribution in [0.4, 0.5) is 11.5 Å². The summed E-state index contributed by atoms with van der Waals surface area (Å²) >= 11 is 0. The zero-order chi connectivity index (χ0) is 17.1. The number of rotatable bonds is 5. The average molecular weight is 330 g/mol. The fourth-order valence-electron chi connectivity index (χ4n) is 1.99. The molecule has 0 aliphatic carbocycles. The van der Waals surface area contributed by atoms with Gasteiger partial charge in [-0.3, -0.25) is 4.98 Å². The summed E-state index contributed by atoms with van der Waals surface area (Å²) in [6, 6.07) is 8.01. The molecule has 0 aliphatic rings. The molecule has 0 aromatic carbocycles. The molecule has 2 rings (SSSR count). The standard InChI is InChI=1S/C18H27N3OSi/c1-18(2,3)23(5,6)22-14-15-9-7-12-20-17(15)21(4)16-10-8-11-19-13-16/h7-13H,14H2,1-6H3. The first-order valence-electron chi connectivity index (χ1n) is 7.94. The van der Waals surface area contributed by atoms with Gasteiger partial charge in [0.1, 0.15) is 5.82 Å². The van der Waals surface area contributed by atoms with Crippen LogP contribution in [0.5, 0.6) is 0 Å². The van der Waals surface area contributed by atoms with Gasteiger partial charge >= 0.3 is 0 Å². The molecule has 2 heterocycles. The number of hydrogen-bond acceptors (Lipinski definition) is 4. The van der Waals surface area contributed by atoms with E-state index in [0.717, 1.165) is 17.1 Å². The summed E-state index contributed by atoms with van der Waals surface area (Å²) in [6.45, 7) is 11.9. The lowest BCUT2D eigenvalue weighted by molar-refractivity contribution is 0.276. The second-order valence-electron chi connectivity index (χ2n) is 7.31. The SMILES string of the molecule is CN(c1cccnc1)c1ncccc1CO[Si](C)(C)C(C)(C)C. The molecule has 0 saturated carbocycles. The van der Waals surface area contributed by atoms with Crippen molar-refractivity contribution in [1.82, 2.24) is 9.97 Å². The van der Waals surface area contributed by atoms with Crippen molar-refractivity contribution in [3.8, 4) is 0 Å². The fourth-order valence-corrected chi connectivity index (χ4v) is 2.94. The number of hydrogen-bond donors (Lipinski definition) is 0. The molecule has 4 nitrogen and oxygen atoms in total. The Balaban J connectivity index is 2.22. The number of anilines is 2. The van der Waals surface area contributed by atoms with E-state index in [2.05, 4.69) is 54.8 Å². The molecule has 124 valence electrons. The molecule has 23 heavy (non-hydrogen) atoms. The topological polar surface area (TPSA) is 38.2 Å². The Morgan fingerprint density at radius 2 is 1.83 bits per heavy atom. The van der Waals surface area contributed by atoms with Crippen molar-refractivity contribution in [3.63, 3.8) is 0 Å². The van der Waals surface area contributed by atoms with E-state index < -0.39 is 8.32 Å². The first kappa shape index (κ1) is 17.6. The van der Waals surface area contributed by atoms with Crippen LogP contribution in [-0.4, -0.2) is 25.3 Å². The normalized spacial score (nSPS) is 12.3. The minimum Gasteiger partial charge on any atom is -0.412 e. The Morgan fingerprint density at radius 3 is 2.43 bits per heavy atom. The van der Waals surface area contributed by atoms with E-state index in [9.17, 15) is 0 Å². The minimum atomic E-state index is -1.78. The Kier molecular flexibility index (Phi) is 5.22. The molecule has 0 unspecified atom stereocenters. The van der Waals surface area contributed by atoms with E-state index >= 15 is 0 Å². The van der Waals surface area contributed by atoms with Gasteiger partial charge in [0.15, 0.2) is 8.32 Å². The summed E-state index contributed by atoms with van der Waals surface area (Å²) in [7, 11) is 0.226. The fraction of sp³-hybridized carbons (Fsp3) is 0.444. The lowest BCUT2D eigenvalue weighted by Gasteiger charge is -2.36. The summed E-state index contributed by atoms with van der Waals surface area (Å²) in [5.74, 6) is 0.916. The van der Waals surface area contributed by atoms with Crippen LogP contribution in [0.3, 0.4) is 0 Å². The maximum atomic E-state index is 6.36. The summed E-state index contributed by atoms with van der Waals surface area (Å²) in [6.07, 6.45) is 5.43. The third-order valence-electron chi connectivity index (χ3n) is 4.61. The highest BCUT2D eigenvalue weighted by Crippen LogP contribution is 2.37. The van der Waals surface area contributed by atoms with Gasteiger partial charge in [0, 0.05) is 25.0 Å². The van der Waals surface area contributed by atoms with Crippen molar-refractivity contribution in [2.45, 2.75) is 45.5 Å². The Hall–Kier alpha value is -1.72. The predicted octanol–water partition coefficient (Wildman–Crippen LogP) is 4.77. The van der Waals surface area contributed by atoms with Crippen molar-refractivity contribution < 1.29 is 4.43 Å². The number of pyridine rings is 2. The van der Waals surface area contributed by atoms with Crippen molar-refractivity contribution in [2.75, 3.05) is 11.9 Å². The van der Waals surface area contributed by atoms with Crippen LogP contribution in [0.2, 0.25) is 18.1 Å². The van der Waals surface area contributed by atoms with Crippen LogP contribution in [0.1, 0.15) is 26.3 Å². The first-order valence-corrected chi connectivity index (χ1v) is 10.8. The van der Waals surface area contributed by atoms with Crippen LogP contribution in [0, 0.1) is 0 Å². The Labute approximate surface area is 140 Å². The third kappa shape index (κ3) is 4.18.